The molecule has 1 saturated heterocycles. The zero-order valence-corrected chi connectivity index (χ0v) is 15.5. The number of piperidine rings is 1. The lowest BCUT2D eigenvalue weighted by Gasteiger charge is -2.32. The third-order valence-electron chi connectivity index (χ3n) is 4.61. The van der Waals surface area contributed by atoms with Gasteiger partial charge in [0.15, 0.2) is 0 Å². The molecule has 1 aliphatic rings. The Hall–Kier alpha value is -2.30. The fourth-order valence-corrected chi connectivity index (χ4v) is 2.98. The highest BCUT2D eigenvalue weighted by molar-refractivity contribution is 5.61. The molecule has 1 aromatic carbocycles. The van der Waals surface area contributed by atoms with E-state index in [4.69, 9.17) is 0 Å². The van der Waals surface area contributed by atoms with Crippen LogP contribution in [0, 0.1) is 11.8 Å². The summed E-state index contributed by atoms with van der Waals surface area (Å²) in [7, 11) is 0. The molecule has 25 heavy (non-hydrogen) atoms. The number of benzene rings is 1. The van der Waals surface area contributed by atoms with E-state index in [2.05, 4.69) is 70.5 Å². The Balaban J connectivity index is 1.60. The highest BCUT2D eigenvalue weighted by Gasteiger charge is 2.15. The van der Waals surface area contributed by atoms with Gasteiger partial charge in [-0.1, -0.05) is 20.8 Å². The van der Waals surface area contributed by atoms with E-state index in [9.17, 15) is 0 Å². The number of anilines is 4. The van der Waals surface area contributed by atoms with Gasteiger partial charge in [-0.05, 0) is 55.0 Å². The van der Waals surface area contributed by atoms with Crippen LogP contribution in [0.3, 0.4) is 0 Å². The maximum Gasteiger partial charge on any atom is 0.224 e. The van der Waals surface area contributed by atoms with E-state index in [0.29, 0.717) is 11.9 Å². The number of aromatic nitrogens is 2. The van der Waals surface area contributed by atoms with Gasteiger partial charge in [-0.2, -0.15) is 4.98 Å². The molecule has 1 aliphatic heterocycles. The standard InChI is InChI=1S/C20H29N5/c1-15(2)14-22-20-21-11-8-19(24-20)23-17-4-6-18(7-5-17)25-12-9-16(3)10-13-25/h4-8,11,15-16H,9-10,12-14H2,1-3H3,(H2,21,22,23,24). The highest BCUT2D eigenvalue weighted by atomic mass is 15.1. The largest absolute Gasteiger partial charge is 0.372 e. The first-order chi connectivity index (χ1) is 12.1. The summed E-state index contributed by atoms with van der Waals surface area (Å²) in [6, 6.07) is 10.5. The zero-order chi connectivity index (χ0) is 17.6. The van der Waals surface area contributed by atoms with Crippen molar-refractivity contribution >= 4 is 23.1 Å². The van der Waals surface area contributed by atoms with Gasteiger partial charge in [0.2, 0.25) is 5.95 Å². The summed E-state index contributed by atoms with van der Waals surface area (Å²) in [5.41, 5.74) is 2.35. The summed E-state index contributed by atoms with van der Waals surface area (Å²) in [6.07, 6.45) is 4.35. The Morgan fingerprint density at radius 3 is 2.52 bits per heavy atom. The van der Waals surface area contributed by atoms with Gasteiger partial charge in [-0.25, -0.2) is 4.98 Å². The van der Waals surface area contributed by atoms with Crippen LogP contribution in [0.15, 0.2) is 36.5 Å². The Labute approximate surface area is 150 Å². The molecule has 0 spiro atoms. The Morgan fingerprint density at radius 2 is 1.84 bits per heavy atom. The van der Waals surface area contributed by atoms with Crippen LogP contribution in [0.2, 0.25) is 0 Å². The molecule has 0 amide bonds. The smallest absolute Gasteiger partial charge is 0.224 e. The molecule has 1 fully saturated rings. The zero-order valence-electron chi connectivity index (χ0n) is 15.5. The van der Waals surface area contributed by atoms with Crippen molar-refractivity contribution in [3.8, 4) is 0 Å². The van der Waals surface area contributed by atoms with Gasteiger partial charge in [0.05, 0.1) is 0 Å². The molecule has 5 nitrogen and oxygen atoms in total. The second-order valence-corrected chi connectivity index (χ2v) is 7.38. The molecule has 134 valence electrons. The van der Waals surface area contributed by atoms with Gasteiger partial charge in [0.25, 0.3) is 0 Å². The van der Waals surface area contributed by atoms with E-state index in [1.54, 1.807) is 6.20 Å². The van der Waals surface area contributed by atoms with Crippen LogP contribution < -0.4 is 15.5 Å². The van der Waals surface area contributed by atoms with Gasteiger partial charge in [-0.3, -0.25) is 0 Å². The van der Waals surface area contributed by atoms with E-state index in [1.807, 2.05) is 6.07 Å². The summed E-state index contributed by atoms with van der Waals surface area (Å²) in [5.74, 6) is 2.89. The summed E-state index contributed by atoms with van der Waals surface area (Å²) in [6.45, 7) is 9.86. The van der Waals surface area contributed by atoms with Crippen LogP contribution in [0.4, 0.5) is 23.1 Å². The number of rotatable bonds is 6. The van der Waals surface area contributed by atoms with Crippen LogP contribution in [-0.2, 0) is 0 Å². The molecule has 0 bridgehead atoms. The summed E-state index contributed by atoms with van der Waals surface area (Å²) >= 11 is 0. The quantitative estimate of drug-likeness (QED) is 0.810. The Kier molecular flexibility index (Phi) is 5.74. The molecule has 0 unspecified atom stereocenters. The minimum Gasteiger partial charge on any atom is -0.372 e. The molecule has 5 heteroatoms. The first-order valence-electron chi connectivity index (χ1n) is 9.29. The van der Waals surface area contributed by atoms with Crippen molar-refractivity contribution in [1.82, 2.24) is 9.97 Å². The molecule has 0 atom stereocenters. The van der Waals surface area contributed by atoms with Crippen molar-refractivity contribution in [2.45, 2.75) is 33.6 Å². The van der Waals surface area contributed by atoms with Crippen LogP contribution >= 0.6 is 0 Å². The number of hydrogen-bond donors (Lipinski definition) is 2. The van der Waals surface area contributed by atoms with Crippen molar-refractivity contribution in [3.63, 3.8) is 0 Å². The molecular weight excluding hydrogens is 310 g/mol. The van der Waals surface area contributed by atoms with E-state index >= 15 is 0 Å². The van der Waals surface area contributed by atoms with Crippen LogP contribution in [0.25, 0.3) is 0 Å². The second kappa shape index (κ2) is 8.19. The van der Waals surface area contributed by atoms with Crippen molar-refractivity contribution in [3.05, 3.63) is 36.5 Å². The molecule has 3 rings (SSSR count). The second-order valence-electron chi connectivity index (χ2n) is 7.38. The summed E-state index contributed by atoms with van der Waals surface area (Å²) in [4.78, 5) is 11.3. The van der Waals surface area contributed by atoms with E-state index < -0.39 is 0 Å². The third-order valence-corrected chi connectivity index (χ3v) is 4.61. The summed E-state index contributed by atoms with van der Waals surface area (Å²) in [5, 5.41) is 6.62. The predicted octanol–water partition coefficient (Wildman–Crippen LogP) is 4.52. The number of hydrogen-bond acceptors (Lipinski definition) is 5. The first kappa shape index (κ1) is 17.5. The lowest BCUT2D eigenvalue weighted by molar-refractivity contribution is 0.438. The predicted molar refractivity (Wildman–Crippen MR) is 106 cm³/mol. The van der Waals surface area contributed by atoms with Crippen LogP contribution in [0.5, 0.6) is 0 Å². The van der Waals surface area contributed by atoms with Crippen molar-refractivity contribution in [2.24, 2.45) is 11.8 Å². The van der Waals surface area contributed by atoms with Crippen LogP contribution in [-0.4, -0.2) is 29.6 Å². The van der Waals surface area contributed by atoms with Crippen molar-refractivity contribution < 1.29 is 0 Å². The fourth-order valence-electron chi connectivity index (χ4n) is 2.98. The first-order valence-corrected chi connectivity index (χ1v) is 9.29. The van der Waals surface area contributed by atoms with Gasteiger partial charge in [0, 0.05) is 37.2 Å². The molecule has 2 heterocycles. The van der Waals surface area contributed by atoms with Gasteiger partial charge < -0.3 is 15.5 Å². The molecule has 0 aliphatic carbocycles. The topological polar surface area (TPSA) is 53.1 Å². The Bertz CT molecular complexity index is 660. The SMILES string of the molecule is CC(C)CNc1nccc(Nc2ccc(N3CCC(C)CC3)cc2)n1. The van der Waals surface area contributed by atoms with Gasteiger partial charge in [-0.15, -0.1) is 0 Å². The van der Waals surface area contributed by atoms with Crippen LogP contribution in [0.1, 0.15) is 33.6 Å². The lowest BCUT2D eigenvalue weighted by Crippen LogP contribution is -2.32. The van der Waals surface area contributed by atoms with Crippen molar-refractivity contribution in [2.75, 3.05) is 35.2 Å². The molecule has 0 saturated carbocycles. The highest BCUT2D eigenvalue weighted by Crippen LogP contribution is 2.25. The molecule has 1 aromatic heterocycles. The maximum absolute atomic E-state index is 4.52. The Morgan fingerprint density at radius 1 is 1.12 bits per heavy atom. The minimum atomic E-state index is 0.561. The van der Waals surface area contributed by atoms with E-state index in [0.717, 1.165) is 37.1 Å². The van der Waals surface area contributed by atoms with E-state index in [-0.39, 0.29) is 0 Å². The van der Waals surface area contributed by atoms with Gasteiger partial charge in [0.1, 0.15) is 5.82 Å². The molecular formula is C20H29N5. The fraction of sp³-hybridized carbons (Fsp3) is 0.500. The third kappa shape index (κ3) is 5.08. The maximum atomic E-state index is 4.52. The monoisotopic (exact) mass is 339 g/mol. The minimum absolute atomic E-state index is 0.561. The average molecular weight is 339 g/mol. The average Bonchev–Trinajstić information content (AvgIpc) is 2.62. The number of nitrogens with one attached hydrogen (secondary N) is 2. The normalized spacial score (nSPS) is 15.4. The molecule has 2 N–H and O–H groups in total. The lowest BCUT2D eigenvalue weighted by atomic mass is 9.99. The summed E-state index contributed by atoms with van der Waals surface area (Å²) < 4.78 is 0. The molecule has 0 radical (unpaired) electrons. The van der Waals surface area contributed by atoms with Crippen molar-refractivity contribution in [1.29, 1.82) is 0 Å². The molecule has 2 aromatic rings. The van der Waals surface area contributed by atoms with Gasteiger partial charge >= 0.3 is 0 Å². The number of nitrogens with zero attached hydrogens (tertiary/aromatic N) is 3. The van der Waals surface area contributed by atoms with E-state index in [1.165, 1.54) is 18.5 Å².